The van der Waals surface area contributed by atoms with Gasteiger partial charge >= 0.3 is 0 Å². The van der Waals surface area contributed by atoms with E-state index in [1.165, 1.54) is 12.3 Å². The number of amides is 2. The van der Waals surface area contributed by atoms with Crippen molar-refractivity contribution in [3.05, 3.63) is 22.8 Å². The van der Waals surface area contributed by atoms with Gasteiger partial charge in [-0.1, -0.05) is 11.6 Å². The summed E-state index contributed by atoms with van der Waals surface area (Å²) < 4.78 is 0. The molecule has 2 rings (SSSR count). The van der Waals surface area contributed by atoms with Crippen LogP contribution in [0.25, 0.3) is 0 Å². The molecule has 1 atom stereocenters. The highest BCUT2D eigenvalue weighted by molar-refractivity contribution is 6.33. The van der Waals surface area contributed by atoms with Crippen LogP contribution in [-0.2, 0) is 4.79 Å². The third-order valence-corrected chi connectivity index (χ3v) is 3.03. The smallest absolute Gasteiger partial charge is 0.253 e. The molecule has 1 aliphatic heterocycles. The minimum Gasteiger partial charge on any atom is -0.382 e. The lowest BCUT2D eigenvalue weighted by molar-refractivity contribution is -0.124. The second-order valence-electron chi connectivity index (χ2n) is 4.05. The van der Waals surface area contributed by atoms with Crippen LogP contribution in [0.15, 0.2) is 12.3 Å². The van der Waals surface area contributed by atoms with Gasteiger partial charge in [0.2, 0.25) is 5.91 Å². The van der Waals surface area contributed by atoms with Crippen LogP contribution in [0.4, 0.5) is 5.82 Å². The molecule has 1 aliphatic rings. The van der Waals surface area contributed by atoms with Gasteiger partial charge in [0.1, 0.15) is 11.9 Å². The van der Waals surface area contributed by atoms with Gasteiger partial charge in [-0.3, -0.25) is 9.59 Å². The van der Waals surface area contributed by atoms with E-state index < -0.39 is 6.04 Å². The van der Waals surface area contributed by atoms with E-state index in [0.29, 0.717) is 13.0 Å². The number of hydrogen-bond acceptors (Lipinski definition) is 4. The van der Waals surface area contributed by atoms with Gasteiger partial charge in [-0.15, -0.1) is 0 Å². The third kappa shape index (κ3) is 2.70. The second kappa shape index (κ2) is 5.22. The van der Waals surface area contributed by atoms with Gasteiger partial charge in [0.05, 0.1) is 10.6 Å². The number of carbonyl (C=O) groups excluding carboxylic acids is 2. The summed E-state index contributed by atoms with van der Waals surface area (Å²) in [6, 6.07) is 0.933. The summed E-state index contributed by atoms with van der Waals surface area (Å²) in [5.74, 6) is -0.376. The lowest BCUT2D eigenvalue weighted by atomic mass is 10.1. The maximum Gasteiger partial charge on any atom is 0.253 e. The average molecular weight is 269 g/mol. The molecule has 0 saturated carbocycles. The van der Waals surface area contributed by atoms with Crippen LogP contribution < -0.4 is 16.4 Å². The third-order valence-electron chi connectivity index (χ3n) is 2.72. The number of aromatic nitrogens is 1. The van der Waals surface area contributed by atoms with Crippen LogP contribution in [0.1, 0.15) is 23.2 Å². The SMILES string of the molecule is Nc1ncc(C(=O)NC2CCCNC2=O)cc1Cl. The summed E-state index contributed by atoms with van der Waals surface area (Å²) in [7, 11) is 0. The van der Waals surface area contributed by atoms with Gasteiger partial charge in [-0.25, -0.2) is 4.98 Å². The number of nitrogens with zero attached hydrogens (tertiary/aromatic N) is 1. The van der Waals surface area contributed by atoms with E-state index in [4.69, 9.17) is 17.3 Å². The van der Waals surface area contributed by atoms with E-state index in [1.807, 2.05) is 0 Å². The molecule has 0 aliphatic carbocycles. The molecule has 1 fully saturated rings. The molecule has 4 N–H and O–H groups in total. The highest BCUT2D eigenvalue weighted by Gasteiger charge is 2.24. The van der Waals surface area contributed by atoms with Crippen LogP contribution in [-0.4, -0.2) is 29.4 Å². The van der Waals surface area contributed by atoms with Crippen molar-refractivity contribution >= 4 is 29.2 Å². The van der Waals surface area contributed by atoms with Gasteiger partial charge in [-0.05, 0) is 18.9 Å². The molecule has 2 heterocycles. The van der Waals surface area contributed by atoms with E-state index in [0.717, 1.165) is 6.42 Å². The largest absolute Gasteiger partial charge is 0.382 e. The fraction of sp³-hybridized carbons (Fsp3) is 0.364. The Balaban J connectivity index is 2.07. The van der Waals surface area contributed by atoms with Gasteiger partial charge in [-0.2, -0.15) is 0 Å². The number of rotatable bonds is 2. The van der Waals surface area contributed by atoms with Crippen molar-refractivity contribution in [1.29, 1.82) is 0 Å². The van der Waals surface area contributed by atoms with Crippen molar-refractivity contribution in [3.63, 3.8) is 0 Å². The molecular formula is C11H13ClN4O2. The minimum absolute atomic E-state index is 0.163. The van der Waals surface area contributed by atoms with Crippen molar-refractivity contribution in [1.82, 2.24) is 15.6 Å². The number of piperidine rings is 1. The van der Waals surface area contributed by atoms with Crippen LogP contribution in [0, 0.1) is 0 Å². The van der Waals surface area contributed by atoms with Crippen molar-refractivity contribution < 1.29 is 9.59 Å². The minimum atomic E-state index is -0.498. The standard InChI is InChI=1S/C11H13ClN4O2/c12-7-4-6(5-15-9(7)13)10(17)16-8-2-1-3-14-11(8)18/h4-5,8H,1-3H2,(H2,13,15)(H,14,18)(H,16,17). The number of nitrogen functional groups attached to an aromatic ring is 1. The van der Waals surface area contributed by atoms with E-state index in [2.05, 4.69) is 15.6 Å². The molecule has 96 valence electrons. The van der Waals surface area contributed by atoms with E-state index in [-0.39, 0.29) is 28.2 Å². The molecule has 18 heavy (non-hydrogen) atoms. The van der Waals surface area contributed by atoms with Crippen molar-refractivity contribution in [2.45, 2.75) is 18.9 Å². The Kier molecular flexibility index (Phi) is 3.66. The van der Waals surface area contributed by atoms with Gasteiger partial charge in [0, 0.05) is 12.7 Å². The van der Waals surface area contributed by atoms with Gasteiger partial charge in [0.25, 0.3) is 5.91 Å². The zero-order valence-electron chi connectivity index (χ0n) is 9.57. The maximum absolute atomic E-state index is 11.9. The summed E-state index contributed by atoms with van der Waals surface area (Å²) in [5.41, 5.74) is 5.74. The van der Waals surface area contributed by atoms with Crippen LogP contribution in [0.3, 0.4) is 0 Å². The Bertz CT molecular complexity index is 492. The molecule has 0 spiro atoms. The molecule has 1 aromatic rings. The number of nitrogens with one attached hydrogen (secondary N) is 2. The molecule has 0 radical (unpaired) electrons. The summed E-state index contributed by atoms with van der Waals surface area (Å²) in [5, 5.41) is 5.55. The first-order valence-electron chi connectivity index (χ1n) is 5.57. The Morgan fingerprint density at radius 2 is 2.39 bits per heavy atom. The maximum atomic E-state index is 11.9. The summed E-state index contributed by atoms with van der Waals surface area (Å²) in [4.78, 5) is 27.2. The van der Waals surface area contributed by atoms with Crippen molar-refractivity contribution in [2.75, 3.05) is 12.3 Å². The average Bonchev–Trinajstić information content (AvgIpc) is 2.35. The molecule has 0 aromatic carbocycles. The second-order valence-corrected chi connectivity index (χ2v) is 4.46. The number of carbonyl (C=O) groups is 2. The lowest BCUT2D eigenvalue weighted by Crippen LogP contribution is -2.50. The van der Waals surface area contributed by atoms with Gasteiger partial charge in [0.15, 0.2) is 0 Å². The number of hydrogen-bond donors (Lipinski definition) is 3. The predicted octanol–water partition coefficient (Wildman–Crippen LogP) is 0.326. The van der Waals surface area contributed by atoms with E-state index in [1.54, 1.807) is 0 Å². The fourth-order valence-corrected chi connectivity index (χ4v) is 1.89. The fourth-order valence-electron chi connectivity index (χ4n) is 1.72. The Morgan fingerprint density at radius 1 is 1.61 bits per heavy atom. The Labute approximate surface area is 109 Å². The zero-order valence-corrected chi connectivity index (χ0v) is 10.3. The van der Waals surface area contributed by atoms with Crippen LogP contribution >= 0.6 is 11.6 Å². The molecule has 6 nitrogen and oxygen atoms in total. The lowest BCUT2D eigenvalue weighted by Gasteiger charge is -2.22. The monoisotopic (exact) mass is 268 g/mol. The van der Waals surface area contributed by atoms with E-state index in [9.17, 15) is 9.59 Å². The van der Waals surface area contributed by atoms with E-state index >= 15 is 0 Å². The van der Waals surface area contributed by atoms with Crippen molar-refractivity contribution in [2.24, 2.45) is 0 Å². The number of anilines is 1. The molecule has 2 amide bonds. The number of halogens is 1. The van der Waals surface area contributed by atoms with Crippen LogP contribution in [0.2, 0.25) is 5.02 Å². The first-order chi connectivity index (χ1) is 8.58. The Morgan fingerprint density at radius 3 is 3.06 bits per heavy atom. The molecule has 7 heteroatoms. The topological polar surface area (TPSA) is 97.1 Å². The van der Waals surface area contributed by atoms with Crippen molar-refractivity contribution in [3.8, 4) is 0 Å². The summed E-state index contributed by atoms with van der Waals surface area (Å²) >= 11 is 5.78. The Hall–Kier alpha value is -1.82. The van der Waals surface area contributed by atoms with Gasteiger partial charge < -0.3 is 16.4 Å². The molecule has 1 aromatic heterocycles. The highest BCUT2D eigenvalue weighted by atomic mass is 35.5. The molecule has 1 saturated heterocycles. The molecular weight excluding hydrogens is 256 g/mol. The highest BCUT2D eigenvalue weighted by Crippen LogP contribution is 2.16. The molecule has 1 unspecified atom stereocenters. The quantitative estimate of drug-likeness (QED) is 0.720. The van der Waals surface area contributed by atoms with Crippen LogP contribution in [0.5, 0.6) is 0 Å². The zero-order chi connectivity index (χ0) is 13.1. The number of nitrogens with two attached hydrogens (primary N) is 1. The first kappa shape index (κ1) is 12.6. The predicted molar refractivity (Wildman–Crippen MR) is 67.2 cm³/mol. The number of pyridine rings is 1. The first-order valence-corrected chi connectivity index (χ1v) is 5.95. The normalized spacial score (nSPS) is 19.2. The summed E-state index contributed by atoms with van der Waals surface area (Å²) in [6.07, 6.45) is 2.81. The summed E-state index contributed by atoms with van der Waals surface area (Å²) in [6.45, 7) is 0.653. The molecule has 0 bridgehead atoms.